The number of piperidine rings is 1. The predicted molar refractivity (Wildman–Crippen MR) is 91.1 cm³/mol. The summed E-state index contributed by atoms with van der Waals surface area (Å²) in [5.41, 5.74) is 6.26. The number of primary amides is 1. The van der Waals surface area contributed by atoms with Crippen molar-refractivity contribution in [2.45, 2.75) is 38.6 Å². The van der Waals surface area contributed by atoms with Gasteiger partial charge in [0, 0.05) is 31.0 Å². The summed E-state index contributed by atoms with van der Waals surface area (Å²) in [6.07, 6.45) is 2.18. The quantitative estimate of drug-likeness (QED) is 0.892. The largest absolute Gasteiger partial charge is 0.369 e. The molecule has 1 aromatic carbocycles. The van der Waals surface area contributed by atoms with Gasteiger partial charge in [0.1, 0.15) is 0 Å². The summed E-state index contributed by atoms with van der Waals surface area (Å²) in [4.78, 5) is 30.0. The minimum atomic E-state index is -0.339. The number of carbonyl (C=O) groups excluding carboxylic acids is 2. The summed E-state index contributed by atoms with van der Waals surface area (Å²) in [5.74, 6) is 0.340. The lowest BCUT2D eigenvalue weighted by molar-refractivity contribution is -0.137. The Bertz CT molecular complexity index is 744. The first-order valence-electron chi connectivity index (χ1n) is 8.51. The Balaban J connectivity index is 1.59. The van der Waals surface area contributed by atoms with Crippen LogP contribution in [0.4, 0.5) is 0 Å². The van der Waals surface area contributed by atoms with Crippen LogP contribution in [-0.4, -0.2) is 39.4 Å². The number of amides is 2. The number of nitrogens with two attached hydrogens (primary N) is 1. The van der Waals surface area contributed by atoms with E-state index in [1.165, 1.54) is 0 Å². The van der Waals surface area contributed by atoms with E-state index in [0.717, 1.165) is 18.4 Å². The van der Waals surface area contributed by atoms with Gasteiger partial charge in [0.2, 0.25) is 23.5 Å². The van der Waals surface area contributed by atoms with Crippen molar-refractivity contribution in [2.75, 3.05) is 6.54 Å². The minimum Gasteiger partial charge on any atom is -0.369 e. The van der Waals surface area contributed by atoms with Crippen LogP contribution < -0.4 is 5.73 Å². The molecule has 0 bridgehead atoms. The van der Waals surface area contributed by atoms with E-state index in [4.69, 9.17) is 10.3 Å². The fraction of sp³-hybridized carbons (Fsp3) is 0.444. The highest BCUT2D eigenvalue weighted by Gasteiger charge is 2.31. The van der Waals surface area contributed by atoms with Crippen LogP contribution in [0.2, 0.25) is 0 Å². The van der Waals surface area contributed by atoms with E-state index in [0.29, 0.717) is 24.7 Å². The number of aryl methyl sites for hydroxylation is 1. The van der Waals surface area contributed by atoms with Gasteiger partial charge in [-0.15, -0.1) is 0 Å². The highest BCUT2D eigenvalue weighted by molar-refractivity contribution is 5.80. The third kappa shape index (κ3) is 4.04. The van der Waals surface area contributed by atoms with Crippen LogP contribution >= 0.6 is 0 Å². The van der Waals surface area contributed by atoms with Crippen LogP contribution in [0, 0.1) is 5.92 Å². The molecule has 2 heterocycles. The van der Waals surface area contributed by atoms with Crippen molar-refractivity contribution < 1.29 is 14.1 Å². The van der Waals surface area contributed by atoms with Gasteiger partial charge >= 0.3 is 0 Å². The number of benzene rings is 1. The van der Waals surface area contributed by atoms with E-state index in [-0.39, 0.29) is 30.2 Å². The molecule has 7 heteroatoms. The summed E-state index contributed by atoms with van der Waals surface area (Å²) < 4.78 is 5.24. The monoisotopic (exact) mass is 342 g/mol. The molecule has 2 amide bonds. The van der Waals surface area contributed by atoms with Crippen molar-refractivity contribution in [1.82, 2.24) is 15.0 Å². The molecule has 0 radical (unpaired) electrons. The second-order valence-electron chi connectivity index (χ2n) is 6.45. The maximum absolute atomic E-state index is 12.5. The van der Waals surface area contributed by atoms with Gasteiger partial charge in [0.15, 0.2) is 0 Å². The lowest BCUT2D eigenvalue weighted by Gasteiger charge is -2.37. The summed E-state index contributed by atoms with van der Waals surface area (Å²) in [7, 11) is 0. The Morgan fingerprint density at radius 2 is 2.04 bits per heavy atom. The zero-order valence-corrected chi connectivity index (χ0v) is 14.2. The number of aromatic nitrogens is 2. The normalized spacial score (nSPS) is 20.4. The molecule has 25 heavy (non-hydrogen) atoms. The van der Waals surface area contributed by atoms with Crippen molar-refractivity contribution in [1.29, 1.82) is 0 Å². The highest BCUT2D eigenvalue weighted by Crippen LogP contribution is 2.23. The Kier molecular flexibility index (Phi) is 5.11. The fourth-order valence-electron chi connectivity index (χ4n) is 3.11. The summed E-state index contributed by atoms with van der Waals surface area (Å²) in [6, 6.07) is 9.65. The third-order valence-corrected chi connectivity index (χ3v) is 4.66. The topological polar surface area (TPSA) is 102 Å². The van der Waals surface area contributed by atoms with Gasteiger partial charge in [-0.05, 0) is 19.8 Å². The molecule has 0 saturated carbocycles. The van der Waals surface area contributed by atoms with Crippen molar-refractivity contribution in [3.05, 3.63) is 36.2 Å². The lowest BCUT2D eigenvalue weighted by Crippen LogP contribution is -2.48. The smallest absolute Gasteiger partial charge is 0.227 e. The van der Waals surface area contributed by atoms with Crippen molar-refractivity contribution >= 4 is 11.8 Å². The average Bonchev–Trinajstić information content (AvgIpc) is 3.09. The van der Waals surface area contributed by atoms with Crippen LogP contribution in [-0.2, 0) is 16.0 Å². The number of hydrogen-bond donors (Lipinski definition) is 1. The van der Waals surface area contributed by atoms with Crippen LogP contribution in [0.15, 0.2) is 34.9 Å². The number of nitrogens with zero attached hydrogens (tertiary/aromatic N) is 3. The standard InChI is InChI=1S/C18H22N4O3/c1-12-7-8-14(17(19)24)11-22(12)16(23)10-9-15-20-18(21-25-15)13-5-3-2-4-6-13/h2-6,12,14H,7-11H2,1H3,(H2,19,24)/t12-,14+/m0/s1. The highest BCUT2D eigenvalue weighted by atomic mass is 16.5. The van der Waals surface area contributed by atoms with Crippen molar-refractivity contribution in [3.8, 4) is 11.4 Å². The molecule has 7 nitrogen and oxygen atoms in total. The molecule has 1 aromatic heterocycles. The molecule has 1 aliphatic rings. The molecule has 3 rings (SSSR count). The van der Waals surface area contributed by atoms with E-state index in [9.17, 15) is 9.59 Å². The number of hydrogen-bond acceptors (Lipinski definition) is 5. The molecular formula is C18H22N4O3. The molecule has 1 fully saturated rings. The molecule has 0 unspecified atom stereocenters. The second-order valence-corrected chi connectivity index (χ2v) is 6.45. The summed E-state index contributed by atoms with van der Waals surface area (Å²) in [6.45, 7) is 2.39. The van der Waals surface area contributed by atoms with E-state index >= 15 is 0 Å². The van der Waals surface area contributed by atoms with Gasteiger partial charge in [-0.25, -0.2) is 0 Å². The lowest BCUT2D eigenvalue weighted by atomic mass is 9.92. The average molecular weight is 342 g/mol. The fourth-order valence-corrected chi connectivity index (χ4v) is 3.11. The van der Waals surface area contributed by atoms with Gasteiger partial charge < -0.3 is 15.2 Å². The van der Waals surface area contributed by atoms with E-state index < -0.39 is 0 Å². The Morgan fingerprint density at radius 1 is 1.28 bits per heavy atom. The summed E-state index contributed by atoms with van der Waals surface area (Å²) in [5, 5.41) is 3.95. The molecule has 2 atom stereocenters. The van der Waals surface area contributed by atoms with Gasteiger partial charge in [-0.1, -0.05) is 35.5 Å². The number of carbonyl (C=O) groups is 2. The molecule has 1 saturated heterocycles. The van der Waals surface area contributed by atoms with Crippen LogP contribution in [0.5, 0.6) is 0 Å². The molecule has 0 aliphatic carbocycles. The molecule has 2 aromatic rings. The maximum Gasteiger partial charge on any atom is 0.227 e. The Hall–Kier alpha value is -2.70. The van der Waals surface area contributed by atoms with Gasteiger partial charge in [-0.2, -0.15) is 4.98 Å². The van der Waals surface area contributed by atoms with Gasteiger partial charge in [0.25, 0.3) is 0 Å². The van der Waals surface area contributed by atoms with E-state index in [1.807, 2.05) is 37.3 Å². The van der Waals surface area contributed by atoms with Crippen LogP contribution in [0.3, 0.4) is 0 Å². The first-order chi connectivity index (χ1) is 12.0. The van der Waals surface area contributed by atoms with Crippen molar-refractivity contribution in [3.63, 3.8) is 0 Å². The molecule has 2 N–H and O–H groups in total. The summed E-state index contributed by atoms with van der Waals surface area (Å²) >= 11 is 0. The van der Waals surface area contributed by atoms with Gasteiger partial charge in [-0.3, -0.25) is 9.59 Å². The second kappa shape index (κ2) is 7.46. The van der Waals surface area contributed by atoms with Crippen LogP contribution in [0.25, 0.3) is 11.4 Å². The zero-order valence-electron chi connectivity index (χ0n) is 14.2. The zero-order chi connectivity index (χ0) is 17.8. The van der Waals surface area contributed by atoms with Crippen LogP contribution in [0.1, 0.15) is 32.1 Å². The molecule has 1 aliphatic heterocycles. The van der Waals surface area contributed by atoms with E-state index in [1.54, 1.807) is 4.90 Å². The predicted octanol–water partition coefficient (Wildman–Crippen LogP) is 1.78. The van der Waals surface area contributed by atoms with E-state index in [2.05, 4.69) is 10.1 Å². The Labute approximate surface area is 146 Å². The number of rotatable bonds is 5. The number of likely N-dealkylation sites (tertiary alicyclic amines) is 1. The first-order valence-corrected chi connectivity index (χ1v) is 8.51. The van der Waals surface area contributed by atoms with Gasteiger partial charge in [0.05, 0.1) is 5.92 Å². The molecule has 0 spiro atoms. The maximum atomic E-state index is 12.5. The third-order valence-electron chi connectivity index (χ3n) is 4.66. The minimum absolute atomic E-state index is 0.0158. The van der Waals surface area contributed by atoms with Crippen molar-refractivity contribution in [2.24, 2.45) is 11.7 Å². The first kappa shape index (κ1) is 17.1. The Morgan fingerprint density at radius 3 is 2.76 bits per heavy atom. The molecule has 132 valence electrons. The SMILES string of the molecule is C[C@H]1CC[C@@H](C(N)=O)CN1C(=O)CCc1nc(-c2ccccc2)no1. The molecular weight excluding hydrogens is 320 g/mol.